The van der Waals surface area contributed by atoms with Crippen molar-refractivity contribution in [3.63, 3.8) is 0 Å². The highest BCUT2D eigenvalue weighted by Gasteiger charge is 2.30. The molecule has 3 aromatic heterocycles. The number of methoxy groups -OCH3 is 2. The molecule has 1 atom stereocenters. The summed E-state index contributed by atoms with van der Waals surface area (Å²) in [5, 5.41) is 3.83. The molecule has 0 radical (unpaired) electrons. The summed E-state index contributed by atoms with van der Waals surface area (Å²) in [6, 6.07) is 7.25. The molecular formula is C24H24ClN7O3. The van der Waals surface area contributed by atoms with Gasteiger partial charge in [0.25, 0.3) is 0 Å². The summed E-state index contributed by atoms with van der Waals surface area (Å²) in [6.45, 7) is 2.32. The van der Waals surface area contributed by atoms with Crippen molar-refractivity contribution in [3.05, 3.63) is 65.5 Å². The zero-order valence-corrected chi connectivity index (χ0v) is 20.4. The van der Waals surface area contributed by atoms with Crippen molar-refractivity contribution in [2.75, 3.05) is 38.1 Å². The molecule has 4 aromatic rings. The average molecular weight is 494 g/mol. The number of imidazole rings is 1. The van der Waals surface area contributed by atoms with Gasteiger partial charge in [0, 0.05) is 29.9 Å². The van der Waals surface area contributed by atoms with E-state index in [0.717, 1.165) is 17.0 Å². The predicted molar refractivity (Wildman–Crippen MR) is 133 cm³/mol. The number of nitrogens with zero attached hydrogens (tertiary/aromatic N) is 6. The minimum absolute atomic E-state index is 0.146. The molecule has 35 heavy (non-hydrogen) atoms. The van der Waals surface area contributed by atoms with Gasteiger partial charge in [-0.3, -0.25) is 4.57 Å². The molecule has 0 aliphatic carbocycles. The Morgan fingerprint density at radius 1 is 1.09 bits per heavy atom. The van der Waals surface area contributed by atoms with Gasteiger partial charge in [0.05, 0.1) is 44.0 Å². The molecule has 1 aromatic carbocycles. The second-order valence-electron chi connectivity index (χ2n) is 8.00. The lowest BCUT2D eigenvalue weighted by Crippen LogP contribution is -2.34. The third kappa shape index (κ3) is 4.40. The third-order valence-corrected chi connectivity index (χ3v) is 6.11. The van der Waals surface area contributed by atoms with Crippen LogP contribution >= 0.6 is 11.6 Å². The Bertz CT molecular complexity index is 1380. The number of pyridine rings is 1. The number of halogens is 1. The number of rotatable bonds is 6. The molecule has 0 amide bonds. The summed E-state index contributed by atoms with van der Waals surface area (Å²) >= 11 is 6.50. The molecule has 5 rings (SSSR count). The summed E-state index contributed by atoms with van der Waals surface area (Å²) in [5.74, 6) is 3.57. The molecule has 0 saturated carbocycles. The van der Waals surface area contributed by atoms with Gasteiger partial charge in [-0.15, -0.1) is 0 Å². The molecule has 11 heteroatoms. The van der Waals surface area contributed by atoms with Crippen molar-refractivity contribution in [1.29, 1.82) is 0 Å². The van der Waals surface area contributed by atoms with Crippen LogP contribution in [0.25, 0.3) is 5.82 Å². The average Bonchev–Trinajstić information content (AvgIpc) is 3.31. The van der Waals surface area contributed by atoms with Crippen molar-refractivity contribution >= 4 is 29.1 Å². The fourth-order valence-electron chi connectivity index (χ4n) is 3.92. The van der Waals surface area contributed by atoms with Gasteiger partial charge >= 0.3 is 0 Å². The van der Waals surface area contributed by atoms with E-state index in [2.05, 4.69) is 20.3 Å². The fourth-order valence-corrected chi connectivity index (χ4v) is 4.17. The topological polar surface area (TPSA) is 99.5 Å². The second kappa shape index (κ2) is 9.30. The van der Waals surface area contributed by atoms with E-state index in [-0.39, 0.29) is 6.04 Å². The zero-order valence-electron chi connectivity index (χ0n) is 19.7. The second-order valence-corrected chi connectivity index (χ2v) is 8.41. The Morgan fingerprint density at radius 2 is 1.94 bits per heavy atom. The van der Waals surface area contributed by atoms with Gasteiger partial charge < -0.3 is 24.4 Å². The highest BCUT2D eigenvalue weighted by atomic mass is 35.5. The Hall–Kier alpha value is -4.05. The van der Waals surface area contributed by atoms with E-state index in [0.29, 0.717) is 46.4 Å². The summed E-state index contributed by atoms with van der Waals surface area (Å²) in [5.41, 5.74) is 2.46. The third-order valence-electron chi connectivity index (χ3n) is 5.76. The number of hydrogen-bond donors (Lipinski definition) is 1. The van der Waals surface area contributed by atoms with E-state index in [4.69, 9.17) is 30.8 Å². The smallest absolute Gasteiger partial charge is 0.229 e. The Labute approximate surface area is 207 Å². The van der Waals surface area contributed by atoms with Crippen LogP contribution in [0, 0.1) is 6.92 Å². The molecule has 180 valence electrons. The highest BCUT2D eigenvalue weighted by molar-refractivity contribution is 6.31. The van der Waals surface area contributed by atoms with Crippen LogP contribution in [-0.2, 0) is 0 Å². The van der Waals surface area contributed by atoms with Gasteiger partial charge in [0.2, 0.25) is 5.95 Å². The first-order valence-electron chi connectivity index (χ1n) is 10.8. The van der Waals surface area contributed by atoms with Crippen LogP contribution in [-0.4, -0.2) is 52.4 Å². The summed E-state index contributed by atoms with van der Waals surface area (Å²) in [7, 11) is 5.17. The molecular weight excluding hydrogens is 470 g/mol. The van der Waals surface area contributed by atoms with Crippen LogP contribution in [0.3, 0.4) is 0 Å². The summed E-state index contributed by atoms with van der Waals surface area (Å²) in [6.07, 6.45) is 6.92. The largest absolute Gasteiger partial charge is 0.497 e. The molecule has 10 nitrogen and oxygen atoms in total. The first-order valence-corrected chi connectivity index (χ1v) is 11.2. The number of aromatic nitrogens is 5. The summed E-state index contributed by atoms with van der Waals surface area (Å²) < 4.78 is 18.7. The van der Waals surface area contributed by atoms with Crippen molar-refractivity contribution in [3.8, 4) is 23.1 Å². The number of ether oxygens (including phenoxy) is 3. The Kier molecular flexibility index (Phi) is 6.04. The van der Waals surface area contributed by atoms with Crippen molar-refractivity contribution in [2.45, 2.75) is 13.0 Å². The molecule has 0 fully saturated rings. The molecule has 1 unspecified atom stereocenters. The standard InChI is InChI=1S/C24H24ClN7O3/c1-14-11-32(13-28-14)22-20(34-4)7-15(9-26-22)29-24-27-10-21-23(30-24)31(2)19(12-35-21)17-8-16(33-3)5-6-18(17)25/h5-11,13,19H,12H2,1-4H3,(H,27,29,30). The van der Waals surface area contributed by atoms with Gasteiger partial charge in [-0.1, -0.05) is 11.6 Å². The monoisotopic (exact) mass is 493 g/mol. The van der Waals surface area contributed by atoms with Gasteiger partial charge in [-0.2, -0.15) is 4.98 Å². The predicted octanol–water partition coefficient (Wildman–Crippen LogP) is 4.35. The minimum atomic E-state index is -0.146. The van der Waals surface area contributed by atoms with Crippen LogP contribution in [0.2, 0.25) is 5.02 Å². The number of nitrogens with one attached hydrogen (secondary N) is 1. The lowest BCUT2D eigenvalue weighted by atomic mass is 10.0. The Balaban J connectivity index is 1.41. The minimum Gasteiger partial charge on any atom is -0.497 e. The number of likely N-dealkylation sites (N-methyl/N-ethyl adjacent to an activating group) is 1. The quantitative estimate of drug-likeness (QED) is 0.420. The molecule has 4 heterocycles. The Morgan fingerprint density at radius 3 is 2.69 bits per heavy atom. The highest BCUT2D eigenvalue weighted by Crippen LogP contribution is 2.40. The number of hydrogen-bond acceptors (Lipinski definition) is 9. The molecule has 1 aliphatic rings. The van der Waals surface area contributed by atoms with E-state index in [1.807, 2.05) is 53.9 Å². The maximum Gasteiger partial charge on any atom is 0.229 e. The fraction of sp³-hybridized carbons (Fsp3) is 0.250. The van der Waals surface area contributed by atoms with Crippen LogP contribution < -0.4 is 24.4 Å². The van der Waals surface area contributed by atoms with E-state index < -0.39 is 0 Å². The van der Waals surface area contributed by atoms with Gasteiger partial charge in [-0.25, -0.2) is 15.0 Å². The van der Waals surface area contributed by atoms with Gasteiger partial charge in [0.1, 0.15) is 18.7 Å². The van der Waals surface area contributed by atoms with Crippen LogP contribution in [0.1, 0.15) is 17.3 Å². The normalized spacial score (nSPS) is 14.8. The SMILES string of the molecule is COc1ccc(Cl)c(C2COc3cnc(Nc4cnc(-n5cnc(C)c5)c(OC)c4)nc3N2C)c1. The van der Waals surface area contributed by atoms with Crippen LogP contribution in [0.5, 0.6) is 17.2 Å². The first-order chi connectivity index (χ1) is 17.0. The van der Waals surface area contributed by atoms with Crippen LogP contribution in [0.15, 0.2) is 49.2 Å². The maximum absolute atomic E-state index is 6.50. The van der Waals surface area contributed by atoms with E-state index in [1.54, 1.807) is 32.9 Å². The van der Waals surface area contributed by atoms with E-state index in [1.165, 1.54) is 0 Å². The van der Waals surface area contributed by atoms with E-state index >= 15 is 0 Å². The van der Waals surface area contributed by atoms with Crippen molar-refractivity contribution in [1.82, 2.24) is 24.5 Å². The number of anilines is 3. The lowest BCUT2D eigenvalue weighted by molar-refractivity contribution is 0.265. The number of aryl methyl sites for hydroxylation is 1. The molecule has 0 saturated heterocycles. The molecule has 1 aliphatic heterocycles. The van der Waals surface area contributed by atoms with Crippen molar-refractivity contribution in [2.24, 2.45) is 0 Å². The summed E-state index contributed by atoms with van der Waals surface area (Å²) in [4.78, 5) is 19.9. The van der Waals surface area contributed by atoms with Crippen molar-refractivity contribution < 1.29 is 14.2 Å². The van der Waals surface area contributed by atoms with Gasteiger partial charge in [0.15, 0.2) is 23.1 Å². The number of fused-ring (bicyclic) bond motifs is 1. The van der Waals surface area contributed by atoms with Crippen LogP contribution in [0.4, 0.5) is 17.5 Å². The number of benzene rings is 1. The lowest BCUT2D eigenvalue weighted by Gasteiger charge is -2.35. The molecule has 0 spiro atoms. The van der Waals surface area contributed by atoms with Gasteiger partial charge in [-0.05, 0) is 25.1 Å². The maximum atomic E-state index is 6.50. The molecule has 0 bridgehead atoms. The van der Waals surface area contributed by atoms with E-state index in [9.17, 15) is 0 Å². The zero-order chi connectivity index (χ0) is 24.5. The first kappa shape index (κ1) is 22.7. The molecule has 1 N–H and O–H groups in total.